The smallest absolute Gasteiger partial charge is 0.255 e. The molecule has 0 fully saturated rings. The third-order valence-corrected chi connectivity index (χ3v) is 6.95. The van der Waals surface area contributed by atoms with E-state index in [-0.39, 0.29) is 11.8 Å². The zero-order chi connectivity index (χ0) is 28.1. The van der Waals surface area contributed by atoms with Crippen LogP contribution >= 0.6 is 0 Å². The maximum Gasteiger partial charge on any atom is 0.255 e. The van der Waals surface area contributed by atoms with Crippen molar-refractivity contribution in [3.63, 3.8) is 0 Å². The minimum atomic E-state index is -0.166. The Kier molecular flexibility index (Phi) is 7.82. The molecule has 0 aliphatic heterocycles. The van der Waals surface area contributed by atoms with Crippen molar-refractivity contribution >= 4 is 39.8 Å². The number of aryl methyl sites for hydroxylation is 1. The molecular formula is C33H31N5O2. The van der Waals surface area contributed by atoms with Crippen molar-refractivity contribution in [2.45, 2.75) is 20.8 Å². The predicted molar refractivity (Wildman–Crippen MR) is 161 cm³/mol. The number of rotatable bonds is 8. The Balaban J connectivity index is 1.36. The molecule has 40 heavy (non-hydrogen) atoms. The molecule has 0 atom stereocenters. The molecule has 0 spiro atoms. The lowest BCUT2D eigenvalue weighted by Crippen LogP contribution is -2.30. The van der Waals surface area contributed by atoms with Crippen molar-refractivity contribution in [2.24, 2.45) is 0 Å². The molecule has 7 heteroatoms. The van der Waals surface area contributed by atoms with E-state index in [9.17, 15) is 9.59 Å². The summed E-state index contributed by atoms with van der Waals surface area (Å²) in [6.07, 6.45) is 0. The number of nitrogens with one attached hydrogen (secondary N) is 2. The molecule has 4 aromatic carbocycles. The highest BCUT2D eigenvalue weighted by atomic mass is 16.2. The van der Waals surface area contributed by atoms with Gasteiger partial charge in [0.2, 0.25) is 0 Å². The molecule has 5 rings (SSSR count). The highest BCUT2D eigenvalue weighted by Crippen LogP contribution is 2.31. The number of hydrogen-bond acceptors (Lipinski definition) is 5. The molecule has 1 aromatic heterocycles. The molecule has 200 valence electrons. The van der Waals surface area contributed by atoms with Crippen molar-refractivity contribution in [3.05, 3.63) is 114 Å². The lowest BCUT2D eigenvalue weighted by molar-refractivity contribution is 0.0772. The number of aromatic nitrogens is 2. The Bertz CT molecular complexity index is 1660. The number of para-hydroxylation sites is 1. The summed E-state index contributed by atoms with van der Waals surface area (Å²) in [5.41, 5.74) is 5.43. The summed E-state index contributed by atoms with van der Waals surface area (Å²) in [5, 5.41) is 17.2. The largest absolute Gasteiger partial charge is 0.339 e. The lowest BCUT2D eigenvalue weighted by Gasteiger charge is -2.18. The maximum absolute atomic E-state index is 12.7. The standard InChI is InChI=1S/C33H31N5O2/c1-4-38(5-2)33(40)25-16-14-23(15-17-25)30-27-11-7-8-12-28(27)31(37-36-30)34-26-20-18-24(19-21-26)32(39)35-29-13-9-6-10-22(29)3/h6-21H,4-5H2,1-3H3,(H,34,37)(H,35,39). The van der Waals surface area contributed by atoms with Gasteiger partial charge in [0.25, 0.3) is 11.8 Å². The normalized spacial score (nSPS) is 10.8. The summed E-state index contributed by atoms with van der Waals surface area (Å²) in [5.74, 6) is 0.468. The zero-order valence-corrected chi connectivity index (χ0v) is 22.8. The lowest BCUT2D eigenvalue weighted by atomic mass is 10.0. The Hall–Kier alpha value is -5.04. The van der Waals surface area contributed by atoms with Crippen LogP contribution in [0, 0.1) is 6.92 Å². The number of anilines is 3. The average Bonchev–Trinajstić information content (AvgIpc) is 2.99. The van der Waals surface area contributed by atoms with Crippen LogP contribution in [-0.2, 0) is 0 Å². The van der Waals surface area contributed by atoms with Crippen LogP contribution in [0.1, 0.15) is 40.1 Å². The van der Waals surface area contributed by atoms with Gasteiger partial charge in [-0.1, -0.05) is 54.6 Å². The van der Waals surface area contributed by atoms with Crippen LogP contribution in [0.3, 0.4) is 0 Å². The zero-order valence-electron chi connectivity index (χ0n) is 22.8. The van der Waals surface area contributed by atoms with Crippen LogP contribution in [0.15, 0.2) is 97.1 Å². The first-order valence-electron chi connectivity index (χ1n) is 13.4. The molecule has 2 amide bonds. The molecule has 0 saturated carbocycles. The minimum absolute atomic E-state index is 0.0192. The molecule has 0 radical (unpaired) electrons. The van der Waals surface area contributed by atoms with E-state index in [1.807, 2.05) is 106 Å². The first kappa shape index (κ1) is 26.6. The van der Waals surface area contributed by atoms with E-state index in [2.05, 4.69) is 20.8 Å². The summed E-state index contributed by atoms with van der Waals surface area (Å²) in [6.45, 7) is 7.26. The van der Waals surface area contributed by atoms with Crippen molar-refractivity contribution in [1.82, 2.24) is 15.1 Å². The number of carbonyl (C=O) groups is 2. The second-order valence-electron chi connectivity index (χ2n) is 9.47. The molecule has 0 bridgehead atoms. The van der Waals surface area contributed by atoms with E-state index in [0.717, 1.165) is 39.0 Å². The van der Waals surface area contributed by atoms with Crippen LogP contribution in [0.5, 0.6) is 0 Å². The summed E-state index contributed by atoms with van der Waals surface area (Å²) in [6, 6.07) is 30.4. The fourth-order valence-electron chi connectivity index (χ4n) is 4.62. The molecule has 0 saturated heterocycles. The Morgan fingerprint density at radius 3 is 2.02 bits per heavy atom. The van der Waals surface area contributed by atoms with Crippen molar-refractivity contribution in [3.8, 4) is 11.3 Å². The van der Waals surface area contributed by atoms with Gasteiger partial charge in [-0.3, -0.25) is 9.59 Å². The molecule has 1 heterocycles. The molecule has 0 unspecified atom stereocenters. The highest BCUT2D eigenvalue weighted by Gasteiger charge is 2.15. The van der Waals surface area contributed by atoms with E-state index in [1.54, 1.807) is 17.0 Å². The molecule has 5 aromatic rings. The summed E-state index contributed by atoms with van der Waals surface area (Å²) >= 11 is 0. The van der Waals surface area contributed by atoms with Crippen LogP contribution in [-0.4, -0.2) is 40.0 Å². The fourth-order valence-corrected chi connectivity index (χ4v) is 4.62. The Morgan fingerprint density at radius 2 is 1.35 bits per heavy atom. The molecule has 2 N–H and O–H groups in total. The molecule has 7 nitrogen and oxygen atoms in total. The van der Waals surface area contributed by atoms with E-state index in [4.69, 9.17) is 0 Å². The van der Waals surface area contributed by atoms with E-state index in [1.165, 1.54) is 0 Å². The Labute approximate surface area is 233 Å². The number of amides is 2. The van der Waals surface area contributed by atoms with Gasteiger partial charge in [-0.25, -0.2) is 0 Å². The van der Waals surface area contributed by atoms with Crippen molar-refractivity contribution in [1.29, 1.82) is 0 Å². The van der Waals surface area contributed by atoms with Crippen LogP contribution in [0.4, 0.5) is 17.2 Å². The van der Waals surface area contributed by atoms with E-state index < -0.39 is 0 Å². The predicted octanol–water partition coefficient (Wildman–Crippen LogP) is 7.08. The SMILES string of the molecule is CCN(CC)C(=O)c1ccc(-c2nnc(Nc3ccc(C(=O)Nc4ccccc4C)cc3)c3ccccc23)cc1. The molecule has 0 aliphatic carbocycles. The minimum Gasteiger partial charge on any atom is -0.339 e. The van der Waals surface area contributed by atoms with Gasteiger partial charge in [0.1, 0.15) is 5.69 Å². The van der Waals surface area contributed by atoms with Gasteiger partial charge in [0.15, 0.2) is 5.82 Å². The topological polar surface area (TPSA) is 87.2 Å². The fraction of sp³-hybridized carbons (Fsp3) is 0.152. The molecular weight excluding hydrogens is 498 g/mol. The molecule has 0 aliphatic rings. The third kappa shape index (κ3) is 5.54. The second-order valence-corrected chi connectivity index (χ2v) is 9.47. The summed E-state index contributed by atoms with van der Waals surface area (Å²) in [4.78, 5) is 27.2. The van der Waals surface area contributed by atoms with Gasteiger partial charge in [0, 0.05) is 51.9 Å². The van der Waals surface area contributed by atoms with Gasteiger partial charge in [-0.15, -0.1) is 10.2 Å². The maximum atomic E-state index is 12.7. The monoisotopic (exact) mass is 529 g/mol. The first-order valence-corrected chi connectivity index (χ1v) is 13.4. The van der Waals surface area contributed by atoms with Gasteiger partial charge in [0.05, 0.1) is 0 Å². The average molecular weight is 530 g/mol. The third-order valence-electron chi connectivity index (χ3n) is 6.95. The van der Waals surface area contributed by atoms with Gasteiger partial charge in [-0.2, -0.15) is 0 Å². The van der Waals surface area contributed by atoms with Gasteiger partial charge < -0.3 is 15.5 Å². The van der Waals surface area contributed by atoms with E-state index in [0.29, 0.717) is 30.0 Å². The van der Waals surface area contributed by atoms with Gasteiger partial charge in [-0.05, 0) is 68.8 Å². The number of benzene rings is 4. The number of fused-ring (bicyclic) bond motifs is 1. The van der Waals surface area contributed by atoms with Crippen LogP contribution < -0.4 is 10.6 Å². The first-order chi connectivity index (χ1) is 19.5. The van der Waals surface area contributed by atoms with Crippen LogP contribution in [0.25, 0.3) is 22.0 Å². The Morgan fingerprint density at radius 1 is 0.725 bits per heavy atom. The number of hydrogen-bond donors (Lipinski definition) is 2. The highest BCUT2D eigenvalue weighted by molar-refractivity contribution is 6.05. The van der Waals surface area contributed by atoms with Crippen LogP contribution in [0.2, 0.25) is 0 Å². The summed E-state index contributed by atoms with van der Waals surface area (Å²) in [7, 11) is 0. The van der Waals surface area contributed by atoms with Gasteiger partial charge >= 0.3 is 0 Å². The quantitative estimate of drug-likeness (QED) is 0.224. The van der Waals surface area contributed by atoms with Crippen molar-refractivity contribution in [2.75, 3.05) is 23.7 Å². The van der Waals surface area contributed by atoms with E-state index >= 15 is 0 Å². The number of carbonyl (C=O) groups excluding carboxylic acids is 2. The van der Waals surface area contributed by atoms with Crippen molar-refractivity contribution < 1.29 is 9.59 Å². The second kappa shape index (κ2) is 11.8. The number of nitrogens with zero attached hydrogens (tertiary/aromatic N) is 3. The summed E-state index contributed by atoms with van der Waals surface area (Å²) < 4.78 is 0.